The van der Waals surface area contributed by atoms with Gasteiger partial charge in [-0.15, -0.1) is 0 Å². The van der Waals surface area contributed by atoms with Gasteiger partial charge in [-0.3, -0.25) is 14.4 Å². The number of halogens is 1. The van der Waals surface area contributed by atoms with Crippen LogP contribution in [0.3, 0.4) is 0 Å². The lowest BCUT2D eigenvalue weighted by molar-refractivity contribution is -0.138. The van der Waals surface area contributed by atoms with Crippen molar-refractivity contribution in [1.82, 2.24) is 20.0 Å². The first-order valence-electron chi connectivity index (χ1n) is 11.7. The summed E-state index contributed by atoms with van der Waals surface area (Å²) in [4.78, 5) is 41.1. The topological polar surface area (TPSA) is 95.6 Å². The average Bonchev–Trinajstić information content (AvgIpc) is 2.87. The molecule has 0 spiro atoms. The van der Waals surface area contributed by atoms with E-state index < -0.39 is 11.7 Å². The van der Waals surface area contributed by atoms with E-state index in [-0.39, 0.29) is 29.6 Å². The lowest BCUT2D eigenvalue weighted by Gasteiger charge is -2.39. The Morgan fingerprint density at radius 2 is 1.81 bits per heavy atom. The number of nitrogens with one attached hydrogen (secondary N) is 1. The van der Waals surface area contributed by atoms with Gasteiger partial charge in [0.15, 0.2) is 0 Å². The summed E-state index contributed by atoms with van der Waals surface area (Å²) in [6.07, 6.45) is 0.328. The summed E-state index contributed by atoms with van der Waals surface area (Å²) in [7, 11) is 1.60. The zero-order valence-electron chi connectivity index (χ0n) is 20.8. The standard InChI is InChI=1S/C27H29FN4O4/c1-16-13-31(15-25(33)32(16)14-19-5-8-21(36-4)9-6-19)27(35)22-11-20(7-10-23(22)28)12-24-17(2)18(3)26(34)30-29-24/h5-11,16H,12-15H2,1-4H3,(H,30,34). The van der Waals surface area contributed by atoms with Crippen LogP contribution in [0.1, 0.15) is 45.2 Å². The molecular formula is C27H29FN4O4. The second-order valence-corrected chi connectivity index (χ2v) is 9.14. The van der Waals surface area contributed by atoms with Crippen molar-refractivity contribution in [1.29, 1.82) is 0 Å². The number of carbonyl (C=O) groups excluding carboxylic acids is 2. The molecule has 2 heterocycles. The Hall–Kier alpha value is -4.01. The monoisotopic (exact) mass is 492 g/mol. The first-order valence-corrected chi connectivity index (χ1v) is 11.7. The Bertz CT molecular complexity index is 1350. The third-order valence-electron chi connectivity index (χ3n) is 6.72. The fourth-order valence-corrected chi connectivity index (χ4v) is 4.36. The molecule has 0 saturated carbocycles. The van der Waals surface area contributed by atoms with Gasteiger partial charge in [0.1, 0.15) is 18.1 Å². The number of ether oxygens (including phenoxy) is 1. The minimum Gasteiger partial charge on any atom is -0.497 e. The number of hydrogen-bond donors (Lipinski definition) is 1. The van der Waals surface area contributed by atoms with Crippen LogP contribution >= 0.6 is 0 Å². The number of H-pyrrole nitrogens is 1. The Kier molecular flexibility index (Phi) is 7.19. The second kappa shape index (κ2) is 10.3. The number of carbonyl (C=O) groups is 2. The summed E-state index contributed by atoms with van der Waals surface area (Å²) >= 11 is 0. The molecule has 0 bridgehead atoms. The molecule has 1 fully saturated rings. The molecule has 1 unspecified atom stereocenters. The molecule has 2 aromatic carbocycles. The Labute approximate surface area is 208 Å². The summed E-state index contributed by atoms with van der Waals surface area (Å²) in [6.45, 7) is 5.99. The molecule has 1 aliphatic heterocycles. The molecule has 1 aliphatic rings. The fourth-order valence-electron chi connectivity index (χ4n) is 4.36. The highest BCUT2D eigenvalue weighted by molar-refractivity contribution is 5.97. The number of piperazine rings is 1. The molecule has 0 aliphatic carbocycles. The molecule has 2 amide bonds. The van der Waals surface area contributed by atoms with Crippen LogP contribution in [0.4, 0.5) is 4.39 Å². The number of rotatable bonds is 6. The molecule has 8 nitrogen and oxygen atoms in total. The molecule has 1 saturated heterocycles. The minimum absolute atomic E-state index is 0.0881. The SMILES string of the molecule is COc1ccc(CN2C(=O)CN(C(=O)c3cc(Cc4n[nH]c(=O)c(C)c4C)ccc3F)CC2C)cc1. The summed E-state index contributed by atoms with van der Waals surface area (Å²) in [5.41, 5.74) is 3.26. The normalized spacial score (nSPS) is 15.8. The molecule has 3 aromatic rings. The van der Waals surface area contributed by atoms with Gasteiger partial charge in [-0.05, 0) is 61.7 Å². The first kappa shape index (κ1) is 25.1. The van der Waals surface area contributed by atoms with E-state index >= 15 is 0 Å². The van der Waals surface area contributed by atoms with Crippen LogP contribution in [0.25, 0.3) is 0 Å². The van der Waals surface area contributed by atoms with Gasteiger partial charge in [0.25, 0.3) is 11.5 Å². The van der Waals surface area contributed by atoms with E-state index in [2.05, 4.69) is 10.2 Å². The van der Waals surface area contributed by atoms with E-state index in [9.17, 15) is 18.8 Å². The minimum atomic E-state index is -0.646. The predicted molar refractivity (Wildman–Crippen MR) is 132 cm³/mol. The van der Waals surface area contributed by atoms with E-state index in [1.165, 1.54) is 17.0 Å². The highest BCUT2D eigenvalue weighted by Crippen LogP contribution is 2.21. The van der Waals surface area contributed by atoms with Crippen molar-refractivity contribution < 1.29 is 18.7 Å². The zero-order chi connectivity index (χ0) is 26.0. The van der Waals surface area contributed by atoms with Crippen LogP contribution < -0.4 is 10.3 Å². The highest BCUT2D eigenvalue weighted by Gasteiger charge is 2.33. The maximum absolute atomic E-state index is 14.7. The van der Waals surface area contributed by atoms with Crippen molar-refractivity contribution in [2.75, 3.05) is 20.2 Å². The van der Waals surface area contributed by atoms with Gasteiger partial charge in [-0.1, -0.05) is 18.2 Å². The molecule has 1 aromatic heterocycles. The largest absolute Gasteiger partial charge is 0.497 e. The summed E-state index contributed by atoms with van der Waals surface area (Å²) in [6, 6.07) is 11.6. The number of benzene rings is 2. The van der Waals surface area contributed by atoms with Crippen LogP contribution in [0, 0.1) is 19.7 Å². The van der Waals surface area contributed by atoms with Gasteiger partial charge in [0.2, 0.25) is 5.91 Å². The molecule has 0 radical (unpaired) electrons. The van der Waals surface area contributed by atoms with E-state index in [0.29, 0.717) is 36.3 Å². The van der Waals surface area contributed by atoms with Gasteiger partial charge in [-0.2, -0.15) is 5.10 Å². The molecular weight excluding hydrogens is 463 g/mol. The van der Waals surface area contributed by atoms with Gasteiger partial charge in [-0.25, -0.2) is 9.49 Å². The molecule has 188 valence electrons. The van der Waals surface area contributed by atoms with Gasteiger partial charge >= 0.3 is 0 Å². The number of aromatic amines is 1. The number of aromatic nitrogens is 2. The number of nitrogens with zero attached hydrogens (tertiary/aromatic N) is 3. The van der Waals surface area contributed by atoms with Crippen molar-refractivity contribution in [2.45, 2.75) is 39.8 Å². The third kappa shape index (κ3) is 5.15. The van der Waals surface area contributed by atoms with Crippen molar-refractivity contribution in [3.8, 4) is 5.75 Å². The van der Waals surface area contributed by atoms with Crippen molar-refractivity contribution in [3.05, 3.63) is 92.1 Å². The molecule has 1 N–H and O–H groups in total. The first-order chi connectivity index (χ1) is 17.2. The number of methoxy groups -OCH3 is 1. The van der Waals surface area contributed by atoms with Crippen molar-refractivity contribution >= 4 is 11.8 Å². The maximum Gasteiger partial charge on any atom is 0.267 e. The summed E-state index contributed by atoms with van der Waals surface area (Å²) < 4.78 is 19.9. The highest BCUT2D eigenvalue weighted by atomic mass is 19.1. The van der Waals surface area contributed by atoms with Gasteiger partial charge in [0, 0.05) is 31.1 Å². The Morgan fingerprint density at radius 1 is 1.11 bits per heavy atom. The predicted octanol–water partition coefficient (Wildman–Crippen LogP) is 3.00. The van der Waals surface area contributed by atoms with E-state index in [4.69, 9.17) is 4.74 Å². The van der Waals surface area contributed by atoms with Crippen LogP contribution in [0.5, 0.6) is 5.75 Å². The summed E-state index contributed by atoms with van der Waals surface area (Å²) in [5.74, 6) is -0.634. The maximum atomic E-state index is 14.7. The Morgan fingerprint density at radius 3 is 2.47 bits per heavy atom. The van der Waals surface area contributed by atoms with E-state index in [1.54, 1.807) is 31.9 Å². The number of amides is 2. The Balaban J connectivity index is 1.49. The van der Waals surface area contributed by atoms with Crippen molar-refractivity contribution in [2.24, 2.45) is 0 Å². The molecule has 1 atom stereocenters. The molecule has 4 rings (SSSR count). The smallest absolute Gasteiger partial charge is 0.267 e. The molecule has 36 heavy (non-hydrogen) atoms. The fraction of sp³-hybridized carbons (Fsp3) is 0.333. The average molecular weight is 493 g/mol. The van der Waals surface area contributed by atoms with Crippen molar-refractivity contribution in [3.63, 3.8) is 0 Å². The third-order valence-corrected chi connectivity index (χ3v) is 6.72. The quantitative estimate of drug-likeness (QED) is 0.571. The molecule has 9 heteroatoms. The van der Waals surface area contributed by atoms with E-state index in [1.807, 2.05) is 31.2 Å². The summed E-state index contributed by atoms with van der Waals surface area (Å²) in [5, 5.41) is 6.57. The lowest BCUT2D eigenvalue weighted by Crippen LogP contribution is -2.56. The van der Waals surface area contributed by atoms with Crippen LogP contribution in [0.15, 0.2) is 47.3 Å². The van der Waals surface area contributed by atoms with Crippen LogP contribution in [-0.4, -0.2) is 58.1 Å². The van der Waals surface area contributed by atoms with Crippen LogP contribution in [-0.2, 0) is 17.8 Å². The number of hydrogen-bond acceptors (Lipinski definition) is 5. The van der Waals surface area contributed by atoms with Gasteiger partial charge < -0.3 is 14.5 Å². The zero-order valence-corrected chi connectivity index (χ0v) is 20.8. The van der Waals surface area contributed by atoms with Gasteiger partial charge in [0.05, 0.1) is 18.4 Å². The van der Waals surface area contributed by atoms with E-state index in [0.717, 1.165) is 16.9 Å². The second-order valence-electron chi connectivity index (χ2n) is 9.14. The van der Waals surface area contributed by atoms with Crippen LogP contribution in [0.2, 0.25) is 0 Å². The lowest BCUT2D eigenvalue weighted by atomic mass is 10.0.